The van der Waals surface area contributed by atoms with Crippen LogP contribution < -0.4 is 10.6 Å². The average Bonchev–Trinajstić information content (AvgIpc) is 2.58. The number of halogens is 3. The average molecular weight is 344 g/mol. The minimum absolute atomic E-state index is 0.0309. The number of nitrogens with zero attached hydrogens (tertiary/aromatic N) is 2. The zero-order chi connectivity index (χ0) is 17.8. The standard InChI is InChI=1S/C17H11F3N4O/c18-10-3-1-4-11(7-10)23-17(25)14-8-15(22-9-21-14)24-16-12(19)5-2-6-13(16)20/h1-9H,(H,23,25)(H,21,22,24). The molecule has 0 atom stereocenters. The van der Waals surface area contributed by atoms with Crippen LogP contribution in [-0.2, 0) is 0 Å². The van der Waals surface area contributed by atoms with E-state index < -0.39 is 29.0 Å². The molecule has 0 aliphatic heterocycles. The summed E-state index contributed by atoms with van der Waals surface area (Å²) in [5.74, 6) is -2.69. The molecule has 0 bridgehead atoms. The summed E-state index contributed by atoms with van der Waals surface area (Å²) in [7, 11) is 0. The van der Waals surface area contributed by atoms with Gasteiger partial charge >= 0.3 is 0 Å². The van der Waals surface area contributed by atoms with Crippen LogP contribution in [0.3, 0.4) is 0 Å². The normalized spacial score (nSPS) is 10.4. The Hall–Kier alpha value is -3.42. The highest BCUT2D eigenvalue weighted by atomic mass is 19.1. The fraction of sp³-hybridized carbons (Fsp3) is 0. The van der Waals surface area contributed by atoms with Crippen LogP contribution in [0.15, 0.2) is 54.9 Å². The number of hydrogen-bond acceptors (Lipinski definition) is 4. The first kappa shape index (κ1) is 16.4. The summed E-state index contributed by atoms with van der Waals surface area (Å²) in [4.78, 5) is 19.8. The van der Waals surface area contributed by atoms with Crippen molar-refractivity contribution in [1.29, 1.82) is 0 Å². The maximum Gasteiger partial charge on any atom is 0.274 e. The second-order valence-electron chi connectivity index (χ2n) is 4.97. The second kappa shape index (κ2) is 7.00. The van der Waals surface area contributed by atoms with Crippen LogP contribution in [0.1, 0.15) is 10.5 Å². The van der Waals surface area contributed by atoms with Crippen molar-refractivity contribution in [3.05, 3.63) is 78.0 Å². The Labute approximate surface area is 140 Å². The third kappa shape index (κ3) is 3.92. The minimum Gasteiger partial charge on any atom is -0.335 e. The Kier molecular flexibility index (Phi) is 4.60. The summed E-state index contributed by atoms with van der Waals surface area (Å²) in [5, 5.41) is 4.94. The van der Waals surface area contributed by atoms with E-state index in [4.69, 9.17) is 0 Å². The highest BCUT2D eigenvalue weighted by molar-refractivity contribution is 6.03. The molecule has 0 radical (unpaired) electrons. The van der Waals surface area contributed by atoms with Gasteiger partial charge in [0.1, 0.15) is 41.0 Å². The molecular weight excluding hydrogens is 333 g/mol. The van der Waals surface area contributed by atoms with E-state index >= 15 is 0 Å². The van der Waals surface area contributed by atoms with Gasteiger partial charge in [0.2, 0.25) is 0 Å². The topological polar surface area (TPSA) is 66.9 Å². The Morgan fingerprint density at radius 3 is 2.36 bits per heavy atom. The minimum atomic E-state index is -0.802. The first-order valence-corrected chi connectivity index (χ1v) is 7.13. The van der Waals surface area contributed by atoms with E-state index in [2.05, 4.69) is 20.6 Å². The molecule has 1 heterocycles. The Morgan fingerprint density at radius 2 is 1.64 bits per heavy atom. The molecule has 0 spiro atoms. The Balaban J connectivity index is 1.80. The van der Waals surface area contributed by atoms with Gasteiger partial charge in [0.15, 0.2) is 0 Å². The van der Waals surface area contributed by atoms with Gasteiger partial charge in [-0.15, -0.1) is 0 Å². The molecule has 0 saturated carbocycles. The van der Waals surface area contributed by atoms with Crippen LogP contribution in [0, 0.1) is 17.5 Å². The number of anilines is 3. The van der Waals surface area contributed by atoms with Gasteiger partial charge in [0.25, 0.3) is 5.91 Å². The van der Waals surface area contributed by atoms with E-state index in [1.54, 1.807) is 0 Å². The van der Waals surface area contributed by atoms with Crippen molar-refractivity contribution in [2.75, 3.05) is 10.6 Å². The van der Waals surface area contributed by atoms with Crippen molar-refractivity contribution in [1.82, 2.24) is 9.97 Å². The summed E-state index contributed by atoms with van der Waals surface area (Å²) in [5.41, 5.74) is -0.200. The van der Waals surface area contributed by atoms with E-state index in [1.165, 1.54) is 30.3 Å². The fourth-order valence-corrected chi connectivity index (χ4v) is 2.06. The van der Waals surface area contributed by atoms with E-state index in [-0.39, 0.29) is 17.2 Å². The van der Waals surface area contributed by atoms with E-state index in [9.17, 15) is 18.0 Å². The smallest absolute Gasteiger partial charge is 0.274 e. The highest BCUT2D eigenvalue weighted by Gasteiger charge is 2.13. The summed E-state index contributed by atoms with van der Waals surface area (Å²) < 4.78 is 40.5. The third-order valence-electron chi connectivity index (χ3n) is 3.20. The predicted octanol–water partition coefficient (Wildman–Crippen LogP) is 3.89. The maximum absolute atomic E-state index is 13.7. The lowest BCUT2D eigenvalue weighted by atomic mass is 10.2. The summed E-state index contributed by atoms with van der Waals surface area (Å²) in [6, 6.07) is 9.97. The van der Waals surface area contributed by atoms with Crippen molar-refractivity contribution in [2.24, 2.45) is 0 Å². The van der Waals surface area contributed by atoms with Crippen molar-refractivity contribution in [3.8, 4) is 0 Å². The van der Waals surface area contributed by atoms with E-state index in [1.807, 2.05) is 0 Å². The lowest BCUT2D eigenvalue weighted by Crippen LogP contribution is -2.14. The monoisotopic (exact) mass is 344 g/mol. The van der Waals surface area contributed by atoms with E-state index in [0.717, 1.165) is 24.5 Å². The van der Waals surface area contributed by atoms with Crippen molar-refractivity contribution < 1.29 is 18.0 Å². The highest BCUT2D eigenvalue weighted by Crippen LogP contribution is 2.22. The SMILES string of the molecule is O=C(Nc1cccc(F)c1)c1cc(Nc2c(F)cccc2F)ncn1. The van der Waals surface area contributed by atoms with Crippen LogP contribution in [0.5, 0.6) is 0 Å². The molecule has 126 valence electrons. The maximum atomic E-state index is 13.7. The molecule has 1 aromatic heterocycles. The van der Waals surface area contributed by atoms with Gasteiger partial charge in [-0.3, -0.25) is 4.79 Å². The first-order valence-electron chi connectivity index (χ1n) is 7.13. The quantitative estimate of drug-likeness (QED) is 0.753. The number of carbonyl (C=O) groups excluding carboxylic acids is 1. The molecule has 2 aromatic carbocycles. The lowest BCUT2D eigenvalue weighted by Gasteiger charge is -2.09. The molecule has 0 saturated heterocycles. The van der Waals surface area contributed by atoms with Crippen molar-refractivity contribution >= 4 is 23.1 Å². The van der Waals surface area contributed by atoms with Gasteiger partial charge in [0.05, 0.1) is 0 Å². The van der Waals surface area contributed by atoms with Crippen molar-refractivity contribution in [2.45, 2.75) is 0 Å². The van der Waals surface area contributed by atoms with Gasteiger partial charge in [0, 0.05) is 11.8 Å². The molecular formula is C17H11F3N4O. The number of aromatic nitrogens is 2. The molecule has 0 fully saturated rings. The molecule has 0 aliphatic rings. The molecule has 8 heteroatoms. The molecule has 5 nitrogen and oxygen atoms in total. The molecule has 3 aromatic rings. The molecule has 0 aliphatic carbocycles. The number of amides is 1. The molecule has 0 unspecified atom stereocenters. The molecule has 25 heavy (non-hydrogen) atoms. The number of para-hydroxylation sites is 1. The zero-order valence-electron chi connectivity index (χ0n) is 12.6. The summed E-state index contributed by atoms with van der Waals surface area (Å²) >= 11 is 0. The predicted molar refractivity (Wildman–Crippen MR) is 86.0 cm³/mol. The number of benzene rings is 2. The van der Waals surface area contributed by atoms with Gasteiger partial charge in [-0.2, -0.15) is 0 Å². The van der Waals surface area contributed by atoms with E-state index in [0.29, 0.717) is 0 Å². The third-order valence-corrected chi connectivity index (χ3v) is 3.20. The number of carbonyl (C=O) groups is 1. The lowest BCUT2D eigenvalue weighted by molar-refractivity contribution is 0.102. The first-order chi connectivity index (χ1) is 12.0. The van der Waals surface area contributed by atoms with Gasteiger partial charge < -0.3 is 10.6 Å². The van der Waals surface area contributed by atoms with Gasteiger partial charge in [-0.25, -0.2) is 23.1 Å². The van der Waals surface area contributed by atoms with Crippen LogP contribution >= 0.6 is 0 Å². The van der Waals surface area contributed by atoms with Crippen LogP contribution in [0.2, 0.25) is 0 Å². The molecule has 2 N–H and O–H groups in total. The van der Waals surface area contributed by atoms with Crippen LogP contribution in [0.4, 0.5) is 30.4 Å². The number of hydrogen-bond donors (Lipinski definition) is 2. The van der Waals surface area contributed by atoms with Crippen LogP contribution in [-0.4, -0.2) is 15.9 Å². The van der Waals surface area contributed by atoms with Crippen LogP contribution in [0.25, 0.3) is 0 Å². The summed E-state index contributed by atoms with van der Waals surface area (Å²) in [6.07, 6.45) is 1.07. The fourth-order valence-electron chi connectivity index (χ4n) is 2.06. The van der Waals surface area contributed by atoms with Gasteiger partial charge in [-0.1, -0.05) is 12.1 Å². The second-order valence-corrected chi connectivity index (χ2v) is 4.97. The Bertz CT molecular complexity index is 913. The molecule has 1 amide bonds. The number of rotatable bonds is 4. The zero-order valence-corrected chi connectivity index (χ0v) is 12.6. The number of nitrogens with one attached hydrogen (secondary N) is 2. The largest absolute Gasteiger partial charge is 0.335 e. The van der Waals surface area contributed by atoms with Gasteiger partial charge in [-0.05, 0) is 30.3 Å². The van der Waals surface area contributed by atoms with Crippen molar-refractivity contribution in [3.63, 3.8) is 0 Å². The summed E-state index contributed by atoms with van der Waals surface area (Å²) in [6.45, 7) is 0. The molecule has 3 rings (SSSR count). The Morgan fingerprint density at radius 1 is 0.920 bits per heavy atom.